The number of esters is 1. The van der Waals surface area contributed by atoms with Crippen LogP contribution in [0.1, 0.15) is 5.56 Å². The number of rotatable bonds is 5. The third-order valence-corrected chi connectivity index (χ3v) is 3.96. The van der Waals surface area contributed by atoms with E-state index >= 15 is 0 Å². The average molecular weight is 340 g/mol. The predicted octanol–water partition coefficient (Wildman–Crippen LogP) is 2.39. The number of hydrogen-bond acceptors (Lipinski definition) is 4. The molecule has 0 fully saturated rings. The normalized spacial score (nSPS) is 14.0. The van der Waals surface area contributed by atoms with E-state index in [-0.39, 0.29) is 29.5 Å². The summed E-state index contributed by atoms with van der Waals surface area (Å²) in [4.78, 5) is 26.2. The molecule has 3 rings (SSSR count). The first-order valence-electron chi connectivity index (χ1n) is 7.77. The van der Waals surface area contributed by atoms with Crippen LogP contribution in [0.25, 0.3) is 0 Å². The lowest BCUT2D eigenvalue weighted by Crippen LogP contribution is -2.30. The van der Waals surface area contributed by atoms with Crippen LogP contribution in [0.15, 0.2) is 65.9 Å². The van der Waals surface area contributed by atoms with Crippen molar-refractivity contribution in [1.29, 1.82) is 0 Å². The van der Waals surface area contributed by atoms with Crippen LogP contribution < -0.4 is 10.2 Å². The van der Waals surface area contributed by atoms with Crippen molar-refractivity contribution in [3.05, 3.63) is 77.2 Å². The topological polar surface area (TPSA) is 58.6 Å². The van der Waals surface area contributed by atoms with Gasteiger partial charge in [0.25, 0.3) is 5.91 Å². The van der Waals surface area contributed by atoms with Gasteiger partial charge in [0, 0.05) is 12.2 Å². The highest BCUT2D eigenvalue weighted by Crippen LogP contribution is 2.25. The monoisotopic (exact) mass is 340 g/mol. The van der Waals surface area contributed by atoms with E-state index in [2.05, 4.69) is 5.32 Å². The van der Waals surface area contributed by atoms with Crippen LogP contribution in [0.2, 0.25) is 0 Å². The quantitative estimate of drug-likeness (QED) is 0.849. The van der Waals surface area contributed by atoms with Crippen molar-refractivity contribution in [3.63, 3.8) is 0 Å². The van der Waals surface area contributed by atoms with Gasteiger partial charge in [0.2, 0.25) is 0 Å². The van der Waals surface area contributed by atoms with Gasteiger partial charge in [0.1, 0.15) is 11.5 Å². The van der Waals surface area contributed by atoms with Crippen LogP contribution in [-0.2, 0) is 20.9 Å². The van der Waals surface area contributed by atoms with Gasteiger partial charge >= 0.3 is 5.97 Å². The van der Waals surface area contributed by atoms with E-state index in [4.69, 9.17) is 4.74 Å². The predicted molar refractivity (Wildman–Crippen MR) is 91.1 cm³/mol. The van der Waals surface area contributed by atoms with E-state index in [0.29, 0.717) is 12.2 Å². The summed E-state index contributed by atoms with van der Waals surface area (Å²) in [5.74, 6) is -1.30. The van der Waals surface area contributed by atoms with Gasteiger partial charge in [-0.15, -0.1) is 0 Å². The summed E-state index contributed by atoms with van der Waals surface area (Å²) in [5, 5.41) is 3.04. The molecule has 1 N–H and O–H groups in total. The Labute approximate surface area is 144 Å². The zero-order valence-electron chi connectivity index (χ0n) is 13.7. The van der Waals surface area contributed by atoms with E-state index in [0.717, 1.165) is 5.56 Å². The Morgan fingerprint density at radius 3 is 2.48 bits per heavy atom. The third-order valence-electron chi connectivity index (χ3n) is 3.96. The molecule has 1 aliphatic heterocycles. The largest absolute Gasteiger partial charge is 0.466 e. The molecule has 0 aliphatic carbocycles. The number of carbonyl (C=O) groups excluding carboxylic acids is 2. The lowest BCUT2D eigenvalue weighted by atomic mass is 10.2. The molecule has 25 heavy (non-hydrogen) atoms. The fourth-order valence-electron chi connectivity index (χ4n) is 2.66. The summed E-state index contributed by atoms with van der Waals surface area (Å²) in [6.07, 6.45) is 0. The van der Waals surface area contributed by atoms with Crippen molar-refractivity contribution in [2.45, 2.75) is 6.54 Å². The summed E-state index contributed by atoms with van der Waals surface area (Å²) < 4.78 is 17.9. The lowest BCUT2D eigenvalue weighted by Gasteiger charge is -2.17. The number of halogens is 1. The number of anilines is 1. The van der Waals surface area contributed by atoms with Crippen LogP contribution in [0.5, 0.6) is 0 Å². The maximum Gasteiger partial charge on any atom is 0.337 e. The van der Waals surface area contributed by atoms with Gasteiger partial charge in [-0.2, -0.15) is 0 Å². The Morgan fingerprint density at radius 2 is 1.84 bits per heavy atom. The number of nitrogens with one attached hydrogen (secondary N) is 1. The molecule has 0 saturated heterocycles. The van der Waals surface area contributed by atoms with Crippen LogP contribution in [-0.4, -0.2) is 25.5 Å². The van der Waals surface area contributed by atoms with E-state index < -0.39 is 5.97 Å². The fraction of sp³-hybridized carbons (Fsp3) is 0.158. The van der Waals surface area contributed by atoms with Gasteiger partial charge < -0.3 is 15.0 Å². The van der Waals surface area contributed by atoms with Crippen LogP contribution in [0.3, 0.4) is 0 Å². The van der Waals surface area contributed by atoms with Crippen molar-refractivity contribution in [3.8, 4) is 0 Å². The highest BCUT2D eigenvalue weighted by Gasteiger charge is 2.35. The Kier molecular flexibility index (Phi) is 4.79. The molecule has 1 heterocycles. The average Bonchev–Trinajstić information content (AvgIpc) is 2.97. The summed E-state index contributed by atoms with van der Waals surface area (Å²) >= 11 is 0. The standard InChI is InChI=1S/C19H17FN2O3/c1-25-19(24)16-12-22(15-9-7-14(20)8-10-15)18(23)17(16)21-11-13-5-3-2-4-6-13/h2-10,21H,11-12H2,1H3. The van der Waals surface area contributed by atoms with Crippen molar-refractivity contribution in [2.24, 2.45) is 0 Å². The van der Waals surface area contributed by atoms with Crippen LogP contribution in [0.4, 0.5) is 10.1 Å². The maximum atomic E-state index is 13.1. The summed E-state index contributed by atoms with van der Waals surface area (Å²) in [6, 6.07) is 15.1. The summed E-state index contributed by atoms with van der Waals surface area (Å²) in [7, 11) is 1.27. The minimum absolute atomic E-state index is 0.0776. The van der Waals surface area contributed by atoms with Gasteiger partial charge in [-0.25, -0.2) is 9.18 Å². The third kappa shape index (κ3) is 3.52. The molecule has 0 radical (unpaired) electrons. The molecule has 0 saturated carbocycles. The first-order chi connectivity index (χ1) is 12.1. The number of benzene rings is 2. The van der Waals surface area contributed by atoms with Gasteiger partial charge in [0.05, 0.1) is 19.2 Å². The molecule has 0 unspecified atom stereocenters. The van der Waals surface area contributed by atoms with E-state index in [1.54, 1.807) is 0 Å². The molecule has 0 aromatic heterocycles. The molecule has 0 spiro atoms. The van der Waals surface area contributed by atoms with Gasteiger partial charge in [0.15, 0.2) is 0 Å². The molecular weight excluding hydrogens is 323 g/mol. The fourth-order valence-corrected chi connectivity index (χ4v) is 2.66. The molecule has 128 valence electrons. The Hall–Kier alpha value is -3.15. The van der Waals surface area contributed by atoms with Crippen LogP contribution in [0, 0.1) is 5.82 Å². The van der Waals surface area contributed by atoms with E-state index in [1.165, 1.54) is 36.3 Å². The second-order valence-corrected chi connectivity index (χ2v) is 5.55. The number of methoxy groups -OCH3 is 1. The zero-order valence-corrected chi connectivity index (χ0v) is 13.7. The number of carbonyl (C=O) groups is 2. The first kappa shape index (κ1) is 16.7. The molecule has 1 aliphatic rings. The van der Waals surface area contributed by atoms with Crippen molar-refractivity contribution in [2.75, 3.05) is 18.6 Å². The Balaban J connectivity index is 1.84. The van der Waals surface area contributed by atoms with Crippen molar-refractivity contribution < 1.29 is 18.7 Å². The number of nitrogens with zero attached hydrogens (tertiary/aromatic N) is 1. The SMILES string of the molecule is COC(=O)C1=C(NCc2ccccc2)C(=O)N(c2ccc(F)cc2)C1. The van der Waals surface area contributed by atoms with E-state index in [9.17, 15) is 14.0 Å². The minimum atomic E-state index is -0.562. The summed E-state index contributed by atoms with van der Waals surface area (Å²) in [5.41, 5.74) is 1.96. The number of amides is 1. The molecule has 2 aromatic rings. The second kappa shape index (κ2) is 7.17. The molecule has 6 heteroatoms. The van der Waals surface area contributed by atoms with Crippen LogP contribution >= 0.6 is 0 Å². The van der Waals surface area contributed by atoms with E-state index in [1.807, 2.05) is 30.3 Å². The second-order valence-electron chi connectivity index (χ2n) is 5.55. The first-order valence-corrected chi connectivity index (χ1v) is 7.77. The summed E-state index contributed by atoms with van der Waals surface area (Å²) in [6.45, 7) is 0.480. The van der Waals surface area contributed by atoms with Gasteiger partial charge in [-0.3, -0.25) is 4.79 Å². The minimum Gasteiger partial charge on any atom is -0.466 e. The molecule has 1 amide bonds. The number of hydrogen-bond donors (Lipinski definition) is 1. The molecular formula is C19H17FN2O3. The highest BCUT2D eigenvalue weighted by molar-refractivity contribution is 6.14. The molecule has 0 atom stereocenters. The van der Waals surface area contributed by atoms with Crippen molar-refractivity contribution in [1.82, 2.24) is 5.32 Å². The Bertz CT molecular complexity index is 816. The smallest absolute Gasteiger partial charge is 0.337 e. The zero-order chi connectivity index (χ0) is 17.8. The van der Waals surface area contributed by atoms with Crippen molar-refractivity contribution >= 4 is 17.6 Å². The lowest BCUT2D eigenvalue weighted by molar-refractivity contribution is -0.136. The maximum absolute atomic E-state index is 13.1. The highest BCUT2D eigenvalue weighted by atomic mass is 19.1. The van der Waals surface area contributed by atoms with Gasteiger partial charge in [-0.1, -0.05) is 30.3 Å². The Morgan fingerprint density at radius 1 is 1.16 bits per heavy atom. The van der Waals surface area contributed by atoms with Gasteiger partial charge in [-0.05, 0) is 29.8 Å². The molecule has 2 aromatic carbocycles. The molecule has 0 bridgehead atoms. The molecule has 5 nitrogen and oxygen atoms in total. The number of ether oxygens (including phenoxy) is 1.